The van der Waals surface area contributed by atoms with Gasteiger partial charge in [0.15, 0.2) is 0 Å². The third-order valence-electron chi connectivity index (χ3n) is 4.26. The maximum atomic E-state index is 4.45. The molecule has 1 aromatic carbocycles. The molecule has 1 aromatic heterocycles. The lowest BCUT2D eigenvalue weighted by molar-refractivity contribution is 0.731. The van der Waals surface area contributed by atoms with Crippen LogP contribution in [-0.2, 0) is 6.42 Å². The summed E-state index contributed by atoms with van der Waals surface area (Å²) in [5.74, 6) is 0.560. The van der Waals surface area contributed by atoms with Gasteiger partial charge in [0.05, 0.1) is 8.07 Å². The summed E-state index contributed by atoms with van der Waals surface area (Å²) >= 11 is 0. The molecular weight excluding hydrogens is 270 g/mol. The van der Waals surface area contributed by atoms with E-state index >= 15 is 0 Å². The Morgan fingerprint density at radius 2 is 1.76 bits per heavy atom. The average molecular weight is 293 g/mol. The molecule has 1 aliphatic rings. The number of pyridine rings is 1. The van der Waals surface area contributed by atoms with Crippen molar-refractivity contribution in [3.05, 3.63) is 71.6 Å². The number of hydrogen-bond acceptors (Lipinski definition) is 1. The van der Waals surface area contributed by atoms with Crippen molar-refractivity contribution in [1.82, 2.24) is 4.98 Å². The van der Waals surface area contributed by atoms with Crippen molar-refractivity contribution in [2.24, 2.45) is 0 Å². The molecule has 0 aliphatic heterocycles. The van der Waals surface area contributed by atoms with E-state index in [4.69, 9.17) is 0 Å². The van der Waals surface area contributed by atoms with E-state index in [-0.39, 0.29) is 0 Å². The van der Waals surface area contributed by atoms with Gasteiger partial charge in [-0.2, -0.15) is 0 Å². The van der Waals surface area contributed by atoms with Crippen LogP contribution in [0.4, 0.5) is 0 Å². The summed E-state index contributed by atoms with van der Waals surface area (Å²) in [7, 11) is -1.28. The van der Waals surface area contributed by atoms with Gasteiger partial charge in [-0.05, 0) is 36.1 Å². The van der Waals surface area contributed by atoms with Gasteiger partial charge in [0.25, 0.3) is 0 Å². The van der Waals surface area contributed by atoms with E-state index in [1.54, 1.807) is 5.20 Å². The van der Waals surface area contributed by atoms with Crippen molar-refractivity contribution in [3.63, 3.8) is 0 Å². The van der Waals surface area contributed by atoms with Crippen molar-refractivity contribution < 1.29 is 0 Å². The molecule has 21 heavy (non-hydrogen) atoms. The summed E-state index contributed by atoms with van der Waals surface area (Å²) < 4.78 is 0. The molecule has 0 radical (unpaired) electrons. The lowest BCUT2D eigenvalue weighted by Gasteiger charge is -2.19. The molecule has 3 rings (SSSR count). The molecular formula is C19H23NSi. The minimum absolute atomic E-state index is 0.560. The number of fused-ring (bicyclic) bond motifs is 1. The van der Waals surface area contributed by atoms with Gasteiger partial charge in [-0.1, -0.05) is 61.2 Å². The number of hydrogen-bond donors (Lipinski definition) is 0. The smallest absolute Gasteiger partial charge is 0.0780 e. The maximum absolute atomic E-state index is 4.45. The van der Waals surface area contributed by atoms with E-state index in [0.717, 1.165) is 12.8 Å². The zero-order valence-corrected chi connectivity index (χ0v) is 14.1. The molecule has 1 nitrogen and oxygen atoms in total. The van der Waals surface area contributed by atoms with E-state index in [1.165, 1.54) is 16.8 Å². The summed E-state index contributed by atoms with van der Waals surface area (Å²) in [5, 5.41) is 1.63. The molecule has 2 aromatic rings. The lowest BCUT2D eigenvalue weighted by atomic mass is 9.95. The number of allylic oxidation sites excluding steroid dienone is 1. The van der Waals surface area contributed by atoms with E-state index in [1.807, 2.05) is 12.3 Å². The van der Waals surface area contributed by atoms with Crippen LogP contribution in [0.1, 0.15) is 29.2 Å². The highest BCUT2D eigenvalue weighted by Gasteiger charge is 2.30. The monoisotopic (exact) mass is 293 g/mol. The molecule has 1 unspecified atom stereocenters. The van der Waals surface area contributed by atoms with Gasteiger partial charge in [-0.25, -0.2) is 0 Å². The maximum Gasteiger partial charge on any atom is 0.0780 e. The normalized spacial score (nSPS) is 17.5. The highest BCUT2D eigenvalue weighted by molar-refractivity contribution is 6.93. The molecule has 0 bridgehead atoms. The summed E-state index contributed by atoms with van der Waals surface area (Å²) in [4.78, 5) is 4.45. The Hall–Kier alpha value is -1.67. The van der Waals surface area contributed by atoms with Crippen LogP contribution in [0, 0.1) is 0 Å². The first-order chi connectivity index (χ1) is 10.1. The highest BCUT2D eigenvalue weighted by Crippen LogP contribution is 2.42. The second kappa shape index (κ2) is 5.61. The molecule has 0 saturated heterocycles. The SMILES string of the molecule is C[Si](C)(C)C1=CC(CCc2ccccn2)c2ccccc21. The number of rotatable bonds is 4. The molecule has 1 atom stereocenters. The quantitative estimate of drug-likeness (QED) is 0.717. The summed E-state index contributed by atoms with van der Waals surface area (Å²) in [6, 6.07) is 15.2. The predicted octanol–water partition coefficient (Wildman–Crippen LogP) is 5.07. The highest BCUT2D eigenvalue weighted by atomic mass is 28.3. The standard InChI is InChI=1S/C19H23NSi/c1-21(2,3)19-14-15(17-9-4-5-10-18(17)19)11-12-16-8-6-7-13-20-16/h4-10,13-15H,11-12H2,1-3H3. The molecule has 0 saturated carbocycles. The second-order valence-electron chi connectivity index (χ2n) is 6.88. The van der Waals surface area contributed by atoms with Crippen molar-refractivity contribution in [2.45, 2.75) is 38.4 Å². The molecule has 2 heteroatoms. The lowest BCUT2D eigenvalue weighted by Crippen LogP contribution is -2.21. The van der Waals surface area contributed by atoms with E-state index in [0.29, 0.717) is 5.92 Å². The van der Waals surface area contributed by atoms with Crippen molar-refractivity contribution in [2.75, 3.05) is 0 Å². The predicted molar refractivity (Wildman–Crippen MR) is 93.1 cm³/mol. The van der Waals surface area contributed by atoms with Crippen LogP contribution >= 0.6 is 0 Å². The van der Waals surface area contributed by atoms with Gasteiger partial charge in [-0.3, -0.25) is 4.98 Å². The largest absolute Gasteiger partial charge is 0.261 e. The molecule has 108 valence electrons. The van der Waals surface area contributed by atoms with Crippen LogP contribution in [-0.4, -0.2) is 13.1 Å². The fraction of sp³-hybridized carbons (Fsp3) is 0.316. The van der Waals surface area contributed by atoms with Gasteiger partial charge < -0.3 is 0 Å². The molecule has 0 N–H and O–H groups in total. The number of benzene rings is 1. The number of nitrogens with zero attached hydrogens (tertiary/aromatic N) is 1. The minimum atomic E-state index is -1.28. The van der Waals surface area contributed by atoms with Gasteiger partial charge in [0, 0.05) is 17.8 Å². The summed E-state index contributed by atoms with van der Waals surface area (Å²) in [6.07, 6.45) is 6.64. The second-order valence-corrected chi connectivity index (χ2v) is 11.9. The van der Waals surface area contributed by atoms with Crippen LogP contribution in [0.5, 0.6) is 0 Å². The number of aromatic nitrogens is 1. The van der Waals surface area contributed by atoms with Gasteiger partial charge in [-0.15, -0.1) is 0 Å². The van der Waals surface area contributed by atoms with Crippen LogP contribution in [0.2, 0.25) is 19.6 Å². The Bertz CT molecular complexity index is 653. The molecule has 0 spiro atoms. The van der Waals surface area contributed by atoms with Crippen LogP contribution < -0.4 is 0 Å². The minimum Gasteiger partial charge on any atom is -0.261 e. The Kier molecular flexibility index (Phi) is 3.81. The zero-order chi connectivity index (χ0) is 14.9. The van der Waals surface area contributed by atoms with Crippen LogP contribution in [0.15, 0.2) is 54.7 Å². The Morgan fingerprint density at radius 3 is 2.48 bits per heavy atom. The molecule has 0 fully saturated rings. The Morgan fingerprint density at radius 1 is 1.00 bits per heavy atom. The van der Waals surface area contributed by atoms with E-state index < -0.39 is 8.07 Å². The van der Waals surface area contributed by atoms with Crippen molar-refractivity contribution >= 4 is 13.3 Å². The Balaban J connectivity index is 1.84. The van der Waals surface area contributed by atoms with Crippen LogP contribution in [0.25, 0.3) is 5.20 Å². The third kappa shape index (κ3) is 3.00. The third-order valence-corrected chi connectivity index (χ3v) is 6.32. The molecule has 1 heterocycles. The molecule has 0 amide bonds. The topological polar surface area (TPSA) is 12.9 Å². The first-order valence-corrected chi connectivity index (χ1v) is 11.3. The summed E-state index contributed by atoms with van der Waals surface area (Å²) in [5.41, 5.74) is 4.22. The van der Waals surface area contributed by atoms with E-state index in [9.17, 15) is 0 Å². The first kappa shape index (κ1) is 14.3. The van der Waals surface area contributed by atoms with Gasteiger partial charge in [0.2, 0.25) is 0 Å². The van der Waals surface area contributed by atoms with Gasteiger partial charge >= 0.3 is 0 Å². The van der Waals surface area contributed by atoms with Gasteiger partial charge in [0.1, 0.15) is 0 Å². The average Bonchev–Trinajstić information content (AvgIpc) is 2.85. The first-order valence-electron chi connectivity index (χ1n) is 7.77. The van der Waals surface area contributed by atoms with E-state index in [2.05, 4.69) is 67.1 Å². The summed E-state index contributed by atoms with van der Waals surface area (Å²) in [6.45, 7) is 7.32. The van der Waals surface area contributed by atoms with Crippen molar-refractivity contribution in [1.29, 1.82) is 0 Å². The van der Waals surface area contributed by atoms with Crippen LogP contribution in [0.3, 0.4) is 0 Å². The fourth-order valence-electron chi connectivity index (χ4n) is 3.19. The van der Waals surface area contributed by atoms with Crippen molar-refractivity contribution in [3.8, 4) is 0 Å². The number of aryl methyl sites for hydroxylation is 1. The molecule has 1 aliphatic carbocycles. The Labute approximate surface area is 128 Å². The zero-order valence-electron chi connectivity index (χ0n) is 13.1. The fourth-order valence-corrected chi connectivity index (χ4v) is 4.93.